The number of aryl methyl sites for hydroxylation is 1. The van der Waals surface area contributed by atoms with Crippen molar-refractivity contribution < 1.29 is 0 Å². The third kappa shape index (κ3) is 1.72. The van der Waals surface area contributed by atoms with Gasteiger partial charge in [-0.05, 0) is 43.9 Å². The molecular weight excluding hydrogens is 204 g/mol. The summed E-state index contributed by atoms with van der Waals surface area (Å²) in [6.45, 7) is 2.11. The quantitative estimate of drug-likeness (QED) is 0.833. The van der Waals surface area contributed by atoms with Gasteiger partial charge in [0.15, 0.2) is 5.13 Å². The van der Waals surface area contributed by atoms with Crippen molar-refractivity contribution in [1.29, 1.82) is 0 Å². The molecule has 2 nitrogen and oxygen atoms in total. The number of hydrogen-bond donors (Lipinski definition) is 1. The molecule has 0 atom stereocenters. The Balaban J connectivity index is 1.91. The number of benzene rings is 1. The van der Waals surface area contributed by atoms with Crippen LogP contribution in [-0.4, -0.2) is 11.0 Å². The number of aromatic nitrogens is 1. The Hall–Kier alpha value is -1.09. The third-order valence-electron chi connectivity index (χ3n) is 2.98. The number of nitrogens with one attached hydrogen (secondary N) is 1. The molecule has 1 aliphatic rings. The second-order valence-corrected chi connectivity index (χ2v) is 5.29. The van der Waals surface area contributed by atoms with Crippen LogP contribution in [0.5, 0.6) is 0 Å². The van der Waals surface area contributed by atoms with Gasteiger partial charge in [-0.1, -0.05) is 17.4 Å². The highest BCUT2D eigenvalue weighted by molar-refractivity contribution is 7.22. The zero-order valence-electron chi connectivity index (χ0n) is 8.79. The minimum absolute atomic E-state index is 0.673. The fourth-order valence-corrected chi connectivity index (χ4v) is 2.75. The topological polar surface area (TPSA) is 24.9 Å². The van der Waals surface area contributed by atoms with Crippen molar-refractivity contribution in [3.63, 3.8) is 0 Å². The lowest BCUT2D eigenvalue weighted by Crippen LogP contribution is -2.26. The van der Waals surface area contributed by atoms with E-state index in [-0.39, 0.29) is 0 Å². The summed E-state index contributed by atoms with van der Waals surface area (Å²) in [5, 5.41) is 4.58. The Morgan fingerprint density at radius 3 is 3.00 bits per heavy atom. The largest absolute Gasteiger partial charge is 0.359 e. The van der Waals surface area contributed by atoms with Crippen LogP contribution >= 0.6 is 11.3 Å². The molecule has 78 valence electrons. The molecule has 0 aliphatic heterocycles. The normalized spacial score (nSPS) is 16.6. The van der Waals surface area contributed by atoms with E-state index in [1.807, 2.05) is 0 Å². The number of fused-ring (bicyclic) bond motifs is 1. The van der Waals surface area contributed by atoms with Crippen molar-refractivity contribution in [2.24, 2.45) is 0 Å². The molecule has 15 heavy (non-hydrogen) atoms. The summed E-state index contributed by atoms with van der Waals surface area (Å²) < 4.78 is 1.28. The molecule has 3 heteroatoms. The van der Waals surface area contributed by atoms with E-state index < -0.39 is 0 Å². The van der Waals surface area contributed by atoms with Crippen molar-refractivity contribution in [3.05, 3.63) is 23.8 Å². The van der Waals surface area contributed by atoms with Gasteiger partial charge in [-0.3, -0.25) is 0 Å². The van der Waals surface area contributed by atoms with E-state index in [1.54, 1.807) is 11.3 Å². The molecule has 1 fully saturated rings. The maximum Gasteiger partial charge on any atom is 0.184 e. The molecule has 0 saturated heterocycles. The second kappa shape index (κ2) is 3.49. The lowest BCUT2D eigenvalue weighted by atomic mass is 9.93. The Morgan fingerprint density at radius 1 is 1.40 bits per heavy atom. The molecule has 1 aromatic carbocycles. The van der Waals surface area contributed by atoms with Crippen LogP contribution in [0, 0.1) is 6.92 Å². The zero-order chi connectivity index (χ0) is 10.3. The van der Waals surface area contributed by atoms with Gasteiger partial charge in [0, 0.05) is 6.04 Å². The van der Waals surface area contributed by atoms with E-state index in [0.29, 0.717) is 6.04 Å². The lowest BCUT2D eigenvalue weighted by Gasteiger charge is -2.25. The minimum Gasteiger partial charge on any atom is -0.359 e. The summed E-state index contributed by atoms with van der Waals surface area (Å²) in [6, 6.07) is 7.13. The van der Waals surface area contributed by atoms with E-state index in [0.717, 1.165) is 10.6 Å². The van der Waals surface area contributed by atoms with Crippen molar-refractivity contribution in [2.75, 3.05) is 5.32 Å². The first-order valence-corrected chi connectivity index (χ1v) is 6.27. The summed E-state index contributed by atoms with van der Waals surface area (Å²) in [6.07, 6.45) is 3.96. The van der Waals surface area contributed by atoms with Gasteiger partial charge in [-0.2, -0.15) is 0 Å². The van der Waals surface area contributed by atoms with Gasteiger partial charge in [0.1, 0.15) is 0 Å². The van der Waals surface area contributed by atoms with Crippen LogP contribution in [0.25, 0.3) is 10.2 Å². The predicted molar refractivity (Wildman–Crippen MR) is 65.6 cm³/mol. The first-order valence-electron chi connectivity index (χ1n) is 5.45. The number of hydrogen-bond acceptors (Lipinski definition) is 3. The van der Waals surface area contributed by atoms with Gasteiger partial charge >= 0.3 is 0 Å². The van der Waals surface area contributed by atoms with Crippen molar-refractivity contribution in [3.8, 4) is 0 Å². The monoisotopic (exact) mass is 218 g/mol. The van der Waals surface area contributed by atoms with Gasteiger partial charge in [-0.25, -0.2) is 4.98 Å². The molecule has 1 aromatic heterocycles. The SMILES string of the molecule is Cc1ccc2sc(NC3CCC3)nc2c1. The summed E-state index contributed by atoms with van der Waals surface area (Å²) in [5.74, 6) is 0. The Labute approximate surface area is 93.3 Å². The fourth-order valence-electron chi connectivity index (χ4n) is 1.83. The van der Waals surface area contributed by atoms with Crippen molar-refractivity contribution in [1.82, 2.24) is 4.98 Å². The average Bonchev–Trinajstić information content (AvgIpc) is 2.53. The Morgan fingerprint density at radius 2 is 2.27 bits per heavy atom. The molecule has 1 aliphatic carbocycles. The van der Waals surface area contributed by atoms with Crippen LogP contribution in [0.15, 0.2) is 18.2 Å². The van der Waals surface area contributed by atoms with Crippen LogP contribution < -0.4 is 5.32 Å². The summed E-state index contributed by atoms with van der Waals surface area (Å²) in [7, 11) is 0. The molecule has 2 aromatic rings. The van der Waals surface area contributed by atoms with Gasteiger partial charge in [-0.15, -0.1) is 0 Å². The van der Waals surface area contributed by atoms with Crippen LogP contribution in [0.2, 0.25) is 0 Å². The first kappa shape index (κ1) is 9.16. The van der Waals surface area contributed by atoms with E-state index in [4.69, 9.17) is 0 Å². The van der Waals surface area contributed by atoms with Gasteiger partial charge in [0.05, 0.1) is 10.2 Å². The maximum absolute atomic E-state index is 4.60. The highest BCUT2D eigenvalue weighted by Crippen LogP contribution is 2.30. The molecule has 1 saturated carbocycles. The third-order valence-corrected chi connectivity index (χ3v) is 3.94. The second-order valence-electron chi connectivity index (χ2n) is 4.26. The molecule has 0 amide bonds. The predicted octanol–water partition coefficient (Wildman–Crippen LogP) is 3.57. The van der Waals surface area contributed by atoms with Gasteiger partial charge in [0.2, 0.25) is 0 Å². The van der Waals surface area contributed by atoms with Crippen LogP contribution in [-0.2, 0) is 0 Å². The number of thiazole rings is 1. The highest BCUT2D eigenvalue weighted by atomic mass is 32.1. The average molecular weight is 218 g/mol. The Kier molecular flexibility index (Phi) is 2.13. The zero-order valence-corrected chi connectivity index (χ0v) is 9.60. The molecule has 3 rings (SSSR count). The fraction of sp³-hybridized carbons (Fsp3) is 0.417. The minimum atomic E-state index is 0.673. The van der Waals surface area contributed by atoms with Gasteiger partial charge < -0.3 is 5.32 Å². The molecular formula is C12H14N2S. The number of anilines is 1. The number of rotatable bonds is 2. The van der Waals surface area contributed by atoms with E-state index in [2.05, 4.69) is 35.4 Å². The summed E-state index contributed by atoms with van der Waals surface area (Å²) in [4.78, 5) is 4.60. The van der Waals surface area contributed by atoms with E-state index >= 15 is 0 Å². The van der Waals surface area contributed by atoms with E-state index in [9.17, 15) is 0 Å². The van der Waals surface area contributed by atoms with Crippen LogP contribution in [0.4, 0.5) is 5.13 Å². The highest BCUT2D eigenvalue weighted by Gasteiger charge is 2.18. The standard InChI is InChI=1S/C12H14N2S/c1-8-5-6-11-10(7-8)14-12(15-11)13-9-3-2-4-9/h5-7,9H,2-4H2,1H3,(H,13,14). The molecule has 0 spiro atoms. The Bertz CT molecular complexity index is 485. The molecule has 1 N–H and O–H groups in total. The summed E-state index contributed by atoms with van der Waals surface area (Å²) >= 11 is 1.76. The maximum atomic E-state index is 4.60. The molecule has 0 unspecified atom stereocenters. The van der Waals surface area contributed by atoms with E-state index in [1.165, 1.54) is 29.5 Å². The van der Waals surface area contributed by atoms with Crippen molar-refractivity contribution >= 4 is 26.7 Å². The van der Waals surface area contributed by atoms with Crippen LogP contribution in [0.1, 0.15) is 24.8 Å². The number of nitrogens with zero attached hydrogens (tertiary/aromatic N) is 1. The first-order chi connectivity index (χ1) is 7.31. The van der Waals surface area contributed by atoms with Gasteiger partial charge in [0.25, 0.3) is 0 Å². The summed E-state index contributed by atoms with van der Waals surface area (Å²) in [5.41, 5.74) is 2.41. The van der Waals surface area contributed by atoms with Crippen molar-refractivity contribution in [2.45, 2.75) is 32.2 Å². The smallest absolute Gasteiger partial charge is 0.184 e. The lowest BCUT2D eigenvalue weighted by molar-refractivity contribution is 0.445. The molecule has 0 radical (unpaired) electrons. The van der Waals surface area contributed by atoms with Crippen LogP contribution in [0.3, 0.4) is 0 Å². The molecule has 0 bridgehead atoms. The molecule has 1 heterocycles.